The van der Waals surface area contributed by atoms with E-state index in [1.54, 1.807) is 6.07 Å². The minimum atomic E-state index is -4.14. The second-order valence-corrected chi connectivity index (χ2v) is 7.51. The first-order valence-corrected chi connectivity index (χ1v) is 10.1. The van der Waals surface area contributed by atoms with E-state index in [-0.39, 0.29) is 16.4 Å². The Kier molecular flexibility index (Phi) is 6.28. The molecule has 29 heavy (non-hydrogen) atoms. The van der Waals surface area contributed by atoms with Gasteiger partial charge in [0.1, 0.15) is 4.90 Å². The third kappa shape index (κ3) is 5.00. The second-order valence-electron chi connectivity index (χ2n) is 5.96. The molecule has 9 heteroatoms. The maximum absolute atomic E-state index is 12.7. The first-order chi connectivity index (χ1) is 13.9. The predicted molar refractivity (Wildman–Crippen MR) is 104 cm³/mol. The molecule has 0 saturated heterocycles. The molecule has 1 aliphatic heterocycles. The highest BCUT2D eigenvalue weighted by molar-refractivity contribution is 7.87. The van der Waals surface area contributed by atoms with Crippen molar-refractivity contribution in [2.45, 2.75) is 11.3 Å². The molecule has 0 fully saturated rings. The van der Waals surface area contributed by atoms with Crippen LogP contribution in [0.1, 0.15) is 12.0 Å². The van der Waals surface area contributed by atoms with Gasteiger partial charge in [-0.2, -0.15) is 8.42 Å². The summed E-state index contributed by atoms with van der Waals surface area (Å²) in [6.45, 7) is 0.940. The van der Waals surface area contributed by atoms with Crippen LogP contribution in [0.4, 0.5) is 0 Å². The van der Waals surface area contributed by atoms with Crippen LogP contribution in [-0.2, 0) is 19.6 Å². The molecule has 0 N–H and O–H groups in total. The molecule has 2 aromatic rings. The van der Waals surface area contributed by atoms with Gasteiger partial charge < -0.3 is 23.1 Å². The van der Waals surface area contributed by atoms with Crippen molar-refractivity contribution in [1.29, 1.82) is 0 Å². The number of hydrogen-bond donors (Lipinski definition) is 0. The van der Waals surface area contributed by atoms with Crippen molar-refractivity contribution in [3.63, 3.8) is 0 Å². The number of rotatable bonds is 6. The normalized spacial score (nSPS) is 13.6. The van der Waals surface area contributed by atoms with Crippen molar-refractivity contribution in [2.24, 2.45) is 0 Å². The van der Waals surface area contributed by atoms with Crippen LogP contribution in [0.25, 0.3) is 6.08 Å². The van der Waals surface area contributed by atoms with Crippen molar-refractivity contribution >= 4 is 22.2 Å². The fourth-order valence-corrected chi connectivity index (χ4v) is 3.51. The van der Waals surface area contributed by atoms with Crippen molar-refractivity contribution < 1.29 is 36.3 Å². The van der Waals surface area contributed by atoms with Gasteiger partial charge in [0.2, 0.25) is 0 Å². The van der Waals surface area contributed by atoms with Crippen molar-refractivity contribution in [3.8, 4) is 23.0 Å². The van der Waals surface area contributed by atoms with Crippen LogP contribution in [0, 0.1) is 0 Å². The molecule has 0 bridgehead atoms. The van der Waals surface area contributed by atoms with Crippen LogP contribution >= 0.6 is 0 Å². The number of carbonyl (C=O) groups is 1. The van der Waals surface area contributed by atoms with Crippen LogP contribution in [-0.4, -0.2) is 41.8 Å². The van der Waals surface area contributed by atoms with Crippen molar-refractivity contribution in [3.05, 3.63) is 48.0 Å². The lowest BCUT2D eigenvalue weighted by molar-refractivity contribution is -0.134. The molecule has 154 valence electrons. The van der Waals surface area contributed by atoms with E-state index >= 15 is 0 Å². The number of benzene rings is 2. The summed E-state index contributed by atoms with van der Waals surface area (Å²) in [5.74, 6) is 0.522. The van der Waals surface area contributed by atoms with Crippen LogP contribution in [0.2, 0.25) is 0 Å². The molecule has 2 aromatic carbocycles. The van der Waals surface area contributed by atoms with E-state index in [1.165, 1.54) is 56.7 Å². The predicted octanol–water partition coefficient (Wildman–Crippen LogP) is 2.81. The molecule has 0 amide bonds. The SMILES string of the molecule is COC(=O)C=Cc1ccc(OS(=O)(=O)c2ccc3c(c2)OCCCO3)c(OC)c1. The number of carbonyl (C=O) groups excluding carboxylic acids is 1. The zero-order valence-corrected chi connectivity index (χ0v) is 16.7. The summed E-state index contributed by atoms with van der Waals surface area (Å²) in [6, 6.07) is 8.86. The summed E-state index contributed by atoms with van der Waals surface area (Å²) in [4.78, 5) is 11.1. The average molecular weight is 420 g/mol. The van der Waals surface area contributed by atoms with Gasteiger partial charge in [-0.15, -0.1) is 0 Å². The molecule has 0 saturated carbocycles. The van der Waals surface area contributed by atoms with E-state index in [0.717, 1.165) is 0 Å². The van der Waals surface area contributed by atoms with Gasteiger partial charge in [0.05, 0.1) is 27.4 Å². The fourth-order valence-electron chi connectivity index (χ4n) is 2.55. The van der Waals surface area contributed by atoms with Gasteiger partial charge in [-0.25, -0.2) is 4.79 Å². The monoisotopic (exact) mass is 420 g/mol. The number of ether oxygens (including phenoxy) is 4. The minimum Gasteiger partial charge on any atom is -0.493 e. The maximum atomic E-state index is 12.7. The average Bonchev–Trinajstić information content (AvgIpc) is 2.97. The highest BCUT2D eigenvalue weighted by atomic mass is 32.2. The molecular formula is C20H20O8S. The molecule has 8 nitrogen and oxygen atoms in total. The Hall–Kier alpha value is -3.20. The standard InChI is InChI=1S/C20H20O8S/c1-24-18-12-14(5-9-20(21)25-2)4-7-17(18)28-29(22,23)15-6-8-16-19(13-15)27-11-3-10-26-16/h4-9,12-13H,3,10-11H2,1-2H3. The lowest BCUT2D eigenvalue weighted by Crippen LogP contribution is -2.11. The Balaban J connectivity index is 1.85. The highest BCUT2D eigenvalue weighted by Gasteiger charge is 2.22. The largest absolute Gasteiger partial charge is 0.493 e. The Morgan fingerprint density at radius 1 is 1.00 bits per heavy atom. The lowest BCUT2D eigenvalue weighted by atomic mass is 10.2. The molecule has 0 aliphatic carbocycles. The Labute approximate surface area is 168 Å². The van der Waals surface area contributed by atoms with Gasteiger partial charge in [0, 0.05) is 18.6 Å². The van der Waals surface area contributed by atoms with Crippen molar-refractivity contribution in [2.75, 3.05) is 27.4 Å². The number of methoxy groups -OCH3 is 2. The summed E-state index contributed by atoms with van der Waals surface area (Å²) in [7, 11) is -1.48. The third-order valence-corrected chi connectivity index (χ3v) is 5.24. The summed E-state index contributed by atoms with van der Waals surface area (Å²) in [6.07, 6.45) is 3.46. The topological polar surface area (TPSA) is 97.4 Å². The number of esters is 1. The Morgan fingerprint density at radius 2 is 1.76 bits per heavy atom. The fraction of sp³-hybridized carbons (Fsp3) is 0.250. The van der Waals surface area contributed by atoms with Crippen LogP contribution < -0.4 is 18.4 Å². The minimum absolute atomic E-state index is 0.00910. The summed E-state index contributed by atoms with van der Waals surface area (Å²) >= 11 is 0. The Morgan fingerprint density at radius 3 is 2.48 bits per heavy atom. The van der Waals surface area contributed by atoms with Crippen LogP contribution in [0.15, 0.2) is 47.4 Å². The summed E-state index contributed by atoms with van der Waals surface area (Å²) in [5, 5.41) is 0. The zero-order valence-electron chi connectivity index (χ0n) is 15.9. The van der Waals surface area contributed by atoms with E-state index in [0.29, 0.717) is 36.7 Å². The van der Waals surface area contributed by atoms with Gasteiger partial charge in [-0.3, -0.25) is 0 Å². The number of hydrogen-bond acceptors (Lipinski definition) is 8. The molecular weight excluding hydrogens is 400 g/mol. The third-order valence-electron chi connectivity index (χ3n) is 4.01. The summed E-state index contributed by atoms with van der Waals surface area (Å²) < 4.78 is 51.5. The van der Waals surface area contributed by atoms with Crippen LogP contribution in [0.5, 0.6) is 23.0 Å². The van der Waals surface area contributed by atoms with Crippen molar-refractivity contribution in [1.82, 2.24) is 0 Å². The molecule has 3 rings (SSSR count). The summed E-state index contributed by atoms with van der Waals surface area (Å²) in [5.41, 5.74) is 0.604. The van der Waals surface area contributed by atoms with Gasteiger partial charge in [0.15, 0.2) is 23.0 Å². The van der Waals surface area contributed by atoms with Gasteiger partial charge in [-0.05, 0) is 35.9 Å². The molecule has 0 aromatic heterocycles. The molecule has 0 unspecified atom stereocenters. The molecule has 1 aliphatic rings. The molecule has 0 spiro atoms. The first kappa shape index (κ1) is 20.5. The van der Waals surface area contributed by atoms with E-state index in [2.05, 4.69) is 4.74 Å². The second kappa shape index (κ2) is 8.87. The lowest BCUT2D eigenvalue weighted by Gasteiger charge is -2.13. The molecule has 0 atom stereocenters. The highest BCUT2D eigenvalue weighted by Crippen LogP contribution is 2.35. The quantitative estimate of drug-likeness (QED) is 0.400. The van der Waals surface area contributed by atoms with Gasteiger partial charge >= 0.3 is 16.1 Å². The van der Waals surface area contributed by atoms with Crippen LogP contribution in [0.3, 0.4) is 0 Å². The number of fused-ring (bicyclic) bond motifs is 1. The van der Waals surface area contributed by atoms with E-state index in [9.17, 15) is 13.2 Å². The maximum Gasteiger partial charge on any atom is 0.339 e. The van der Waals surface area contributed by atoms with E-state index < -0.39 is 16.1 Å². The molecule has 0 radical (unpaired) electrons. The molecule has 1 heterocycles. The first-order valence-electron chi connectivity index (χ1n) is 8.71. The van der Waals surface area contributed by atoms with Gasteiger partial charge in [0.25, 0.3) is 0 Å². The zero-order chi connectivity index (χ0) is 20.9. The van der Waals surface area contributed by atoms with E-state index in [4.69, 9.17) is 18.4 Å². The van der Waals surface area contributed by atoms with E-state index in [1.807, 2.05) is 0 Å². The smallest absolute Gasteiger partial charge is 0.339 e. The van der Waals surface area contributed by atoms with Gasteiger partial charge in [-0.1, -0.05) is 6.07 Å². The Bertz CT molecular complexity index is 1030.